The zero-order valence-corrected chi connectivity index (χ0v) is 11.8. The molecule has 0 radical (unpaired) electrons. The lowest BCUT2D eigenvalue weighted by molar-refractivity contribution is 0.360. The summed E-state index contributed by atoms with van der Waals surface area (Å²) in [6.07, 6.45) is 2.08. The molecule has 0 aromatic heterocycles. The van der Waals surface area contributed by atoms with Crippen molar-refractivity contribution in [1.82, 2.24) is 0 Å². The first-order valence-electron chi connectivity index (χ1n) is 6.63. The van der Waals surface area contributed by atoms with E-state index < -0.39 is 0 Å². The van der Waals surface area contributed by atoms with E-state index in [1.54, 1.807) is 0 Å². The Morgan fingerprint density at radius 2 is 1.95 bits per heavy atom. The van der Waals surface area contributed by atoms with E-state index in [0.29, 0.717) is 6.61 Å². The van der Waals surface area contributed by atoms with Gasteiger partial charge in [-0.1, -0.05) is 42.0 Å². The van der Waals surface area contributed by atoms with Gasteiger partial charge in [0, 0.05) is 17.0 Å². The molecular formula is C17H21NO. The Bertz CT molecular complexity index is 595. The Morgan fingerprint density at radius 3 is 2.63 bits per heavy atom. The van der Waals surface area contributed by atoms with Crippen LogP contribution in [-0.4, -0.2) is 6.61 Å². The summed E-state index contributed by atoms with van der Waals surface area (Å²) in [5.74, 6) is 0.908. The standard InChI is InChI=1S/C17H21NO/c1-12(2)10-11-19-17-15(13(3)18)9-8-14-6-4-5-7-16(14)17/h4-10,13H,11,18H2,1-3H3/t13-/m1/s1. The molecule has 0 fully saturated rings. The predicted molar refractivity (Wildman–Crippen MR) is 81.5 cm³/mol. The van der Waals surface area contributed by atoms with E-state index in [0.717, 1.165) is 16.7 Å². The molecule has 0 bridgehead atoms. The third-order valence-corrected chi connectivity index (χ3v) is 3.12. The van der Waals surface area contributed by atoms with Crippen LogP contribution in [0.5, 0.6) is 5.75 Å². The highest BCUT2D eigenvalue weighted by Gasteiger charge is 2.11. The molecule has 0 aliphatic rings. The normalized spacial score (nSPS) is 12.2. The molecule has 100 valence electrons. The smallest absolute Gasteiger partial charge is 0.132 e. The third-order valence-electron chi connectivity index (χ3n) is 3.12. The van der Waals surface area contributed by atoms with E-state index in [-0.39, 0.29) is 6.04 Å². The summed E-state index contributed by atoms with van der Waals surface area (Å²) < 4.78 is 5.97. The molecule has 1 atom stereocenters. The summed E-state index contributed by atoms with van der Waals surface area (Å²) in [7, 11) is 0. The summed E-state index contributed by atoms with van der Waals surface area (Å²) >= 11 is 0. The van der Waals surface area contributed by atoms with Gasteiger partial charge in [0.15, 0.2) is 0 Å². The highest BCUT2D eigenvalue weighted by Crippen LogP contribution is 2.32. The summed E-state index contributed by atoms with van der Waals surface area (Å²) in [6, 6.07) is 12.4. The fourth-order valence-electron chi connectivity index (χ4n) is 2.07. The average Bonchev–Trinajstić information content (AvgIpc) is 2.38. The topological polar surface area (TPSA) is 35.2 Å². The largest absolute Gasteiger partial charge is 0.489 e. The molecule has 0 aliphatic heterocycles. The van der Waals surface area contributed by atoms with E-state index >= 15 is 0 Å². The second-order valence-corrected chi connectivity index (χ2v) is 5.09. The van der Waals surface area contributed by atoms with Crippen LogP contribution in [0, 0.1) is 0 Å². The second-order valence-electron chi connectivity index (χ2n) is 5.09. The molecule has 2 aromatic carbocycles. The summed E-state index contributed by atoms with van der Waals surface area (Å²) in [6.45, 7) is 6.70. The number of fused-ring (bicyclic) bond motifs is 1. The molecule has 0 saturated heterocycles. The first kappa shape index (κ1) is 13.6. The van der Waals surface area contributed by atoms with E-state index in [1.165, 1.54) is 11.0 Å². The van der Waals surface area contributed by atoms with Crippen molar-refractivity contribution in [2.45, 2.75) is 26.8 Å². The highest BCUT2D eigenvalue weighted by molar-refractivity contribution is 5.89. The van der Waals surface area contributed by atoms with Gasteiger partial charge in [-0.05, 0) is 32.2 Å². The van der Waals surface area contributed by atoms with Gasteiger partial charge in [0.1, 0.15) is 12.4 Å². The van der Waals surface area contributed by atoms with Gasteiger partial charge < -0.3 is 10.5 Å². The summed E-state index contributed by atoms with van der Waals surface area (Å²) in [4.78, 5) is 0. The van der Waals surface area contributed by atoms with Crippen LogP contribution in [0.2, 0.25) is 0 Å². The molecule has 0 unspecified atom stereocenters. The second kappa shape index (κ2) is 5.89. The number of ether oxygens (including phenoxy) is 1. The predicted octanol–water partition coefficient (Wildman–Crippen LogP) is 4.20. The molecule has 0 aliphatic carbocycles. The number of hydrogen-bond acceptors (Lipinski definition) is 2. The molecule has 0 heterocycles. The highest BCUT2D eigenvalue weighted by atomic mass is 16.5. The van der Waals surface area contributed by atoms with Crippen LogP contribution in [-0.2, 0) is 0 Å². The van der Waals surface area contributed by atoms with Crippen LogP contribution in [0.3, 0.4) is 0 Å². The Hall–Kier alpha value is -1.80. The van der Waals surface area contributed by atoms with Crippen LogP contribution in [0.4, 0.5) is 0 Å². The van der Waals surface area contributed by atoms with Crippen molar-refractivity contribution in [2.24, 2.45) is 5.73 Å². The van der Waals surface area contributed by atoms with Crippen molar-refractivity contribution >= 4 is 10.8 Å². The number of allylic oxidation sites excluding steroid dienone is 1. The van der Waals surface area contributed by atoms with Gasteiger partial charge in [0.2, 0.25) is 0 Å². The number of rotatable bonds is 4. The van der Waals surface area contributed by atoms with Crippen LogP contribution in [0.1, 0.15) is 32.4 Å². The van der Waals surface area contributed by atoms with Crippen molar-refractivity contribution in [3.05, 3.63) is 53.6 Å². The van der Waals surface area contributed by atoms with Gasteiger partial charge in [0.25, 0.3) is 0 Å². The Balaban J connectivity index is 2.46. The van der Waals surface area contributed by atoms with Gasteiger partial charge in [-0.3, -0.25) is 0 Å². The van der Waals surface area contributed by atoms with Crippen molar-refractivity contribution in [3.63, 3.8) is 0 Å². The van der Waals surface area contributed by atoms with E-state index in [4.69, 9.17) is 10.5 Å². The lowest BCUT2D eigenvalue weighted by Gasteiger charge is -2.16. The van der Waals surface area contributed by atoms with E-state index in [1.807, 2.05) is 19.1 Å². The minimum atomic E-state index is -0.0358. The maximum absolute atomic E-state index is 6.04. The molecule has 0 saturated carbocycles. The zero-order chi connectivity index (χ0) is 13.8. The Morgan fingerprint density at radius 1 is 1.21 bits per heavy atom. The molecule has 2 nitrogen and oxygen atoms in total. The first-order valence-corrected chi connectivity index (χ1v) is 6.63. The van der Waals surface area contributed by atoms with Gasteiger partial charge in [-0.2, -0.15) is 0 Å². The molecule has 19 heavy (non-hydrogen) atoms. The van der Waals surface area contributed by atoms with Crippen molar-refractivity contribution in [1.29, 1.82) is 0 Å². The maximum Gasteiger partial charge on any atom is 0.132 e. The minimum Gasteiger partial charge on any atom is -0.489 e. The molecular weight excluding hydrogens is 234 g/mol. The minimum absolute atomic E-state index is 0.0358. The Labute approximate surface area is 114 Å². The molecule has 0 spiro atoms. The molecule has 2 heteroatoms. The fourth-order valence-corrected chi connectivity index (χ4v) is 2.07. The quantitative estimate of drug-likeness (QED) is 0.831. The van der Waals surface area contributed by atoms with Gasteiger partial charge in [-0.25, -0.2) is 0 Å². The van der Waals surface area contributed by atoms with Crippen LogP contribution < -0.4 is 10.5 Å². The van der Waals surface area contributed by atoms with E-state index in [2.05, 4.69) is 44.2 Å². The van der Waals surface area contributed by atoms with Crippen LogP contribution >= 0.6 is 0 Å². The molecule has 2 rings (SSSR count). The van der Waals surface area contributed by atoms with Crippen LogP contribution in [0.25, 0.3) is 10.8 Å². The lowest BCUT2D eigenvalue weighted by atomic mass is 10.0. The monoisotopic (exact) mass is 255 g/mol. The number of benzene rings is 2. The van der Waals surface area contributed by atoms with Gasteiger partial charge >= 0.3 is 0 Å². The Kier molecular flexibility index (Phi) is 4.23. The van der Waals surface area contributed by atoms with Gasteiger partial charge in [0.05, 0.1) is 0 Å². The van der Waals surface area contributed by atoms with Crippen molar-refractivity contribution < 1.29 is 4.74 Å². The molecule has 0 amide bonds. The van der Waals surface area contributed by atoms with Crippen molar-refractivity contribution in [2.75, 3.05) is 6.61 Å². The maximum atomic E-state index is 6.04. The van der Waals surface area contributed by atoms with Crippen LogP contribution in [0.15, 0.2) is 48.0 Å². The zero-order valence-electron chi connectivity index (χ0n) is 11.8. The van der Waals surface area contributed by atoms with E-state index in [9.17, 15) is 0 Å². The SMILES string of the molecule is CC(C)=CCOc1c([C@@H](C)N)ccc2ccccc12. The summed E-state index contributed by atoms with van der Waals surface area (Å²) in [5, 5.41) is 2.30. The first-order chi connectivity index (χ1) is 9.09. The number of nitrogens with two attached hydrogens (primary N) is 1. The molecule has 2 N–H and O–H groups in total. The number of hydrogen-bond donors (Lipinski definition) is 1. The lowest BCUT2D eigenvalue weighted by Crippen LogP contribution is -2.08. The van der Waals surface area contributed by atoms with Crippen molar-refractivity contribution in [3.8, 4) is 5.75 Å². The fraction of sp³-hybridized carbons (Fsp3) is 0.294. The average molecular weight is 255 g/mol. The molecule has 2 aromatic rings. The third kappa shape index (κ3) is 3.15. The summed E-state index contributed by atoms with van der Waals surface area (Å²) in [5.41, 5.74) is 8.35. The van der Waals surface area contributed by atoms with Gasteiger partial charge in [-0.15, -0.1) is 0 Å².